The van der Waals surface area contributed by atoms with Gasteiger partial charge in [0.2, 0.25) is 0 Å². The van der Waals surface area contributed by atoms with Crippen LogP contribution in [-0.2, 0) is 0 Å². The number of hydrogen-bond donors (Lipinski definition) is 3. The fraction of sp³-hybridized carbons (Fsp3) is 0.111. The molecule has 0 fully saturated rings. The SMILES string of the molecule is NC(O)c1cc2ccccc2[nH]1. The third kappa shape index (κ3) is 1.09. The minimum atomic E-state index is -0.919. The molecular weight excluding hydrogens is 152 g/mol. The molecule has 1 heterocycles. The summed E-state index contributed by atoms with van der Waals surface area (Å²) in [6.07, 6.45) is -0.919. The molecule has 0 radical (unpaired) electrons. The summed E-state index contributed by atoms with van der Waals surface area (Å²) >= 11 is 0. The summed E-state index contributed by atoms with van der Waals surface area (Å²) in [6.45, 7) is 0. The largest absolute Gasteiger partial charge is 0.373 e. The highest BCUT2D eigenvalue weighted by Gasteiger charge is 2.03. The van der Waals surface area contributed by atoms with Crippen molar-refractivity contribution in [3.8, 4) is 0 Å². The smallest absolute Gasteiger partial charge is 0.143 e. The van der Waals surface area contributed by atoms with Crippen LogP contribution < -0.4 is 5.73 Å². The first-order valence-electron chi connectivity index (χ1n) is 3.78. The molecule has 0 aliphatic heterocycles. The van der Waals surface area contributed by atoms with E-state index in [-0.39, 0.29) is 0 Å². The highest BCUT2D eigenvalue weighted by atomic mass is 16.3. The van der Waals surface area contributed by atoms with Crippen LogP contribution in [0.3, 0.4) is 0 Å². The molecule has 12 heavy (non-hydrogen) atoms. The van der Waals surface area contributed by atoms with Crippen LogP contribution in [0.4, 0.5) is 0 Å². The fourth-order valence-corrected chi connectivity index (χ4v) is 1.26. The van der Waals surface area contributed by atoms with Crippen molar-refractivity contribution in [1.82, 2.24) is 4.98 Å². The molecule has 62 valence electrons. The Hall–Kier alpha value is -1.32. The summed E-state index contributed by atoms with van der Waals surface area (Å²) in [4.78, 5) is 3.02. The van der Waals surface area contributed by atoms with E-state index in [1.807, 2.05) is 30.3 Å². The monoisotopic (exact) mass is 162 g/mol. The van der Waals surface area contributed by atoms with Gasteiger partial charge in [-0.05, 0) is 17.5 Å². The quantitative estimate of drug-likeness (QED) is 0.550. The zero-order valence-corrected chi connectivity index (χ0v) is 6.49. The molecule has 1 aromatic carbocycles. The highest BCUT2D eigenvalue weighted by Crippen LogP contribution is 2.16. The lowest BCUT2D eigenvalue weighted by atomic mass is 10.2. The van der Waals surface area contributed by atoms with Crippen molar-refractivity contribution in [2.24, 2.45) is 5.73 Å². The maximum atomic E-state index is 9.07. The minimum Gasteiger partial charge on any atom is -0.373 e. The molecule has 3 heteroatoms. The number of aliphatic hydroxyl groups excluding tert-OH is 1. The Morgan fingerprint density at radius 3 is 2.75 bits per heavy atom. The van der Waals surface area contributed by atoms with Crippen LogP contribution in [0.15, 0.2) is 30.3 Å². The standard InChI is InChI=1S/C9H10N2O/c10-9(12)8-5-6-3-1-2-4-7(6)11-8/h1-5,9,11-12H,10H2. The minimum absolute atomic E-state index is 0.649. The van der Waals surface area contributed by atoms with Gasteiger partial charge in [0.05, 0.1) is 5.69 Å². The first kappa shape index (κ1) is 7.34. The molecule has 0 aliphatic rings. The molecule has 0 spiro atoms. The molecule has 3 nitrogen and oxygen atoms in total. The average molecular weight is 162 g/mol. The summed E-state index contributed by atoms with van der Waals surface area (Å²) in [5, 5.41) is 10.1. The van der Waals surface area contributed by atoms with Crippen LogP contribution in [0.2, 0.25) is 0 Å². The van der Waals surface area contributed by atoms with Crippen molar-refractivity contribution < 1.29 is 5.11 Å². The number of nitrogens with two attached hydrogens (primary N) is 1. The molecule has 2 aromatic rings. The van der Waals surface area contributed by atoms with E-state index in [1.54, 1.807) is 0 Å². The topological polar surface area (TPSA) is 62.0 Å². The number of aromatic amines is 1. The first-order chi connectivity index (χ1) is 5.77. The van der Waals surface area contributed by atoms with Crippen LogP contribution in [-0.4, -0.2) is 10.1 Å². The number of hydrogen-bond acceptors (Lipinski definition) is 2. The number of benzene rings is 1. The van der Waals surface area contributed by atoms with Gasteiger partial charge < -0.3 is 15.8 Å². The molecule has 4 N–H and O–H groups in total. The van der Waals surface area contributed by atoms with Crippen molar-refractivity contribution in [1.29, 1.82) is 0 Å². The van der Waals surface area contributed by atoms with Crippen molar-refractivity contribution >= 4 is 10.9 Å². The van der Waals surface area contributed by atoms with Gasteiger partial charge in [0.25, 0.3) is 0 Å². The maximum Gasteiger partial charge on any atom is 0.143 e. The highest BCUT2D eigenvalue weighted by molar-refractivity contribution is 5.80. The van der Waals surface area contributed by atoms with Crippen LogP contribution in [0.5, 0.6) is 0 Å². The van der Waals surface area contributed by atoms with Crippen LogP contribution >= 0.6 is 0 Å². The number of nitrogens with one attached hydrogen (secondary N) is 1. The number of fused-ring (bicyclic) bond motifs is 1. The van der Waals surface area contributed by atoms with Gasteiger partial charge in [-0.1, -0.05) is 18.2 Å². The zero-order chi connectivity index (χ0) is 8.55. The number of H-pyrrole nitrogens is 1. The average Bonchev–Trinajstić information content (AvgIpc) is 2.46. The van der Waals surface area contributed by atoms with Crippen molar-refractivity contribution in [3.63, 3.8) is 0 Å². The zero-order valence-electron chi connectivity index (χ0n) is 6.49. The van der Waals surface area contributed by atoms with E-state index in [9.17, 15) is 0 Å². The Kier molecular flexibility index (Phi) is 1.60. The number of aromatic nitrogens is 1. The molecule has 0 bridgehead atoms. The Morgan fingerprint density at radius 2 is 2.08 bits per heavy atom. The van der Waals surface area contributed by atoms with E-state index in [1.165, 1.54) is 0 Å². The molecule has 0 saturated carbocycles. The van der Waals surface area contributed by atoms with E-state index in [0.29, 0.717) is 5.69 Å². The van der Waals surface area contributed by atoms with E-state index < -0.39 is 6.23 Å². The Labute approximate surface area is 69.8 Å². The van der Waals surface area contributed by atoms with E-state index >= 15 is 0 Å². The summed E-state index contributed by atoms with van der Waals surface area (Å²) in [6, 6.07) is 9.65. The summed E-state index contributed by atoms with van der Waals surface area (Å²) in [5.74, 6) is 0. The normalized spacial score (nSPS) is 13.5. The second-order valence-corrected chi connectivity index (χ2v) is 2.76. The Morgan fingerprint density at radius 1 is 1.33 bits per heavy atom. The van der Waals surface area contributed by atoms with Crippen molar-refractivity contribution in [2.45, 2.75) is 6.23 Å². The van der Waals surface area contributed by atoms with Crippen molar-refractivity contribution in [2.75, 3.05) is 0 Å². The molecule has 1 unspecified atom stereocenters. The van der Waals surface area contributed by atoms with Gasteiger partial charge in [0.15, 0.2) is 0 Å². The third-order valence-electron chi connectivity index (χ3n) is 1.87. The van der Waals surface area contributed by atoms with E-state index in [4.69, 9.17) is 10.8 Å². The van der Waals surface area contributed by atoms with Crippen LogP contribution in [0.25, 0.3) is 10.9 Å². The van der Waals surface area contributed by atoms with Gasteiger partial charge in [-0.25, -0.2) is 0 Å². The fourth-order valence-electron chi connectivity index (χ4n) is 1.26. The van der Waals surface area contributed by atoms with Gasteiger partial charge in [-0.2, -0.15) is 0 Å². The number of aliphatic hydroxyl groups is 1. The van der Waals surface area contributed by atoms with Gasteiger partial charge in [-0.15, -0.1) is 0 Å². The summed E-state index contributed by atoms with van der Waals surface area (Å²) in [7, 11) is 0. The lowest BCUT2D eigenvalue weighted by molar-refractivity contribution is 0.182. The Bertz CT molecular complexity index is 359. The van der Waals surface area contributed by atoms with E-state index in [0.717, 1.165) is 10.9 Å². The molecule has 0 saturated heterocycles. The second-order valence-electron chi connectivity index (χ2n) is 2.76. The first-order valence-corrected chi connectivity index (χ1v) is 3.78. The van der Waals surface area contributed by atoms with Crippen LogP contribution in [0, 0.1) is 0 Å². The molecule has 2 rings (SSSR count). The van der Waals surface area contributed by atoms with Gasteiger partial charge in [0, 0.05) is 5.52 Å². The molecule has 1 aromatic heterocycles. The maximum absolute atomic E-state index is 9.07. The lowest BCUT2D eigenvalue weighted by Crippen LogP contribution is -2.08. The predicted octanol–water partition coefficient (Wildman–Crippen LogP) is 1.12. The number of para-hydroxylation sites is 1. The summed E-state index contributed by atoms with van der Waals surface area (Å²) in [5.41, 5.74) is 6.95. The summed E-state index contributed by atoms with van der Waals surface area (Å²) < 4.78 is 0. The second kappa shape index (κ2) is 2.62. The predicted molar refractivity (Wildman–Crippen MR) is 47.4 cm³/mol. The third-order valence-corrected chi connectivity index (χ3v) is 1.87. The lowest BCUT2D eigenvalue weighted by Gasteiger charge is -1.97. The van der Waals surface area contributed by atoms with E-state index in [2.05, 4.69) is 4.98 Å². The van der Waals surface area contributed by atoms with Gasteiger partial charge >= 0.3 is 0 Å². The van der Waals surface area contributed by atoms with Crippen LogP contribution in [0.1, 0.15) is 11.9 Å². The molecule has 1 atom stereocenters. The Balaban J connectivity index is 2.62. The molecule has 0 amide bonds. The van der Waals surface area contributed by atoms with Crippen molar-refractivity contribution in [3.05, 3.63) is 36.0 Å². The molecule has 0 aliphatic carbocycles. The van der Waals surface area contributed by atoms with Gasteiger partial charge in [0.1, 0.15) is 6.23 Å². The van der Waals surface area contributed by atoms with Gasteiger partial charge in [-0.3, -0.25) is 0 Å². The molecular formula is C9H10N2O. The number of rotatable bonds is 1.